The highest BCUT2D eigenvalue weighted by Crippen LogP contribution is 2.49. The fourth-order valence-corrected chi connectivity index (χ4v) is 2.42. The predicted molar refractivity (Wildman–Crippen MR) is 70.0 cm³/mol. The van der Waals surface area contributed by atoms with Crippen molar-refractivity contribution >= 4 is 0 Å². The zero-order chi connectivity index (χ0) is 14.1. The molecular formula is C15H20F3N. The minimum Gasteiger partial charge on any atom is -0.313 e. The van der Waals surface area contributed by atoms with Gasteiger partial charge < -0.3 is 5.32 Å². The van der Waals surface area contributed by atoms with Crippen molar-refractivity contribution in [3.63, 3.8) is 0 Å². The minimum atomic E-state index is -4.25. The molecule has 1 aromatic rings. The first-order chi connectivity index (χ1) is 8.85. The summed E-state index contributed by atoms with van der Waals surface area (Å²) >= 11 is 0. The van der Waals surface area contributed by atoms with Crippen molar-refractivity contribution in [2.24, 2.45) is 5.41 Å². The van der Waals surface area contributed by atoms with Crippen LogP contribution in [0.15, 0.2) is 24.3 Å². The molecule has 1 aromatic carbocycles. The Labute approximate surface area is 112 Å². The van der Waals surface area contributed by atoms with Crippen LogP contribution in [0, 0.1) is 5.41 Å². The summed E-state index contributed by atoms with van der Waals surface area (Å²) in [6, 6.07) is 5.90. The Morgan fingerprint density at radius 1 is 1.21 bits per heavy atom. The highest BCUT2D eigenvalue weighted by Gasteiger charge is 2.44. The molecule has 0 radical (unpaired) electrons. The third-order valence-corrected chi connectivity index (χ3v) is 4.05. The van der Waals surface area contributed by atoms with Crippen molar-refractivity contribution in [1.82, 2.24) is 5.32 Å². The Morgan fingerprint density at radius 3 is 2.21 bits per heavy atom. The second kappa shape index (κ2) is 5.16. The summed E-state index contributed by atoms with van der Waals surface area (Å²) in [5, 5.41) is 3.46. The largest absolute Gasteiger partial charge is 0.416 e. The molecule has 1 nitrogen and oxygen atoms in total. The fraction of sp³-hybridized carbons (Fsp3) is 0.600. The van der Waals surface area contributed by atoms with Crippen molar-refractivity contribution in [1.29, 1.82) is 0 Å². The minimum absolute atomic E-state index is 0.318. The summed E-state index contributed by atoms with van der Waals surface area (Å²) in [7, 11) is 0. The maximum atomic E-state index is 12.5. The molecule has 0 spiro atoms. The summed E-state index contributed by atoms with van der Waals surface area (Å²) in [6.45, 7) is 5.19. The van der Waals surface area contributed by atoms with E-state index in [0.29, 0.717) is 11.5 Å². The lowest BCUT2D eigenvalue weighted by molar-refractivity contribution is -0.137. The molecule has 1 aliphatic carbocycles. The number of benzene rings is 1. The smallest absolute Gasteiger partial charge is 0.313 e. The van der Waals surface area contributed by atoms with E-state index in [1.165, 1.54) is 25.0 Å². The van der Waals surface area contributed by atoms with Gasteiger partial charge in [-0.15, -0.1) is 0 Å². The molecule has 0 aromatic heterocycles. The highest BCUT2D eigenvalue weighted by molar-refractivity contribution is 5.26. The molecule has 0 aliphatic heterocycles. The Morgan fingerprint density at radius 2 is 1.79 bits per heavy atom. The van der Waals surface area contributed by atoms with Crippen LogP contribution in [-0.4, -0.2) is 12.6 Å². The molecule has 1 saturated carbocycles. The van der Waals surface area contributed by atoms with Crippen LogP contribution in [0.3, 0.4) is 0 Å². The molecule has 0 saturated heterocycles. The molecule has 0 heterocycles. The van der Waals surface area contributed by atoms with Gasteiger partial charge in [0.15, 0.2) is 0 Å². The number of halogens is 3. The lowest BCUT2D eigenvalue weighted by Crippen LogP contribution is -2.38. The molecule has 1 fully saturated rings. The van der Waals surface area contributed by atoms with Crippen LogP contribution in [0.1, 0.15) is 37.8 Å². The summed E-state index contributed by atoms with van der Waals surface area (Å²) < 4.78 is 37.5. The summed E-state index contributed by atoms with van der Waals surface area (Å²) in [5.74, 6) is 0. The molecule has 4 heteroatoms. The van der Waals surface area contributed by atoms with Gasteiger partial charge in [0.2, 0.25) is 0 Å². The molecule has 1 N–H and O–H groups in total. The molecule has 1 unspecified atom stereocenters. The van der Waals surface area contributed by atoms with Crippen molar-refractivity contribution in [2.75, 3.05) is 6.54 Å². The van der Waals surface area contributed by atoms with Crippen LogP contribution in [-0.2, 0) is 12.6 Å². The molecular weight excluding hydrogens is 251 g/mol. The first-order valence-corrected chi connectivity index (χ1v) is 6.75. The number of nitrogens with one attached hydrogen (secondary N) is 1. The van der Waals surface area contributed by atoms with E-state index in [1.54, 1.807) is 12.1 Å². The first kappa shape index (κ1) is 14.4. The maximum absolute atomic E-state index is 12.5. The standard InChI is InChI=1S/C15H20F3N/c1-3-19-13(14(2)8-9-14)10-11-4-6-12(7-5-11)15(16,17)18/h4-7,13,19H,3,8-10H2,1-2H3. The average Bonchev–Trinajstić information content (AvgIpc) is 3.08. The second-order valence-corrected chi connectivity index (χ2v) is 5.66. The van der Waals surface area contributed by atoms with Gasteiger partial charge in [-0.1, -0.05) is 26.0 Å². The van der Waals surface area contributed by atoms with Gasteiger partial charge in [-0.25, -0.2) is 0 Å². The Bertz CT molecular complexity index is 418. The van der Waals surface area contributed by atoms with Crippen LogP contribution in [0.4, 0.5) is 13.2 Å². The Balaban J connectivity index is 2.06. The van der Waals surface area contributed by atoms with Crippen molar-refractivity contribution in [3.8, 4) is 0 Å². The molecule has 1 aliphatic rings. The van der Waals surface area contributed by atoms with Crippen LogP contribution < -0.4 is 5.32 Å². The number of hydrogen-bond acceptors (Lipinski definition) is 1. The van der Waals surface area contributed by atoms with Gasteiger partial charge in [0.05, 0.1) is 5.56 Å². The number of hydrogen-bond donors (Lipinski definition) is 1. The van der Waals surface area contributed by atoms with E-state index in [-0.39, 0.29) is 0 Å². The molecule has 106 valence electrons. The average molecular weight is 271 g/mol. The quantitative estimate of drug-likeness (QED) is 0.852. The van der Waals surface area contributed by atoms with Crippen LogP contribution in [0.25, 0.3) is 0 Å². The molecule has 0 bridgehead atoms. The number of rotatable bonds is 5. The van der Waals surface area contributed by atoms with E-state index in [9.17, 15) is 13.2 Å². The van der Waals surface area contributed by atoms with Gasteiger partial charge >= 0.3 is 6.18 Å². The van der Waals surface area contributed by atoms with E-state index in [2.05, 4.69) is 19.2 Å². The zero-order valence-corrected chi connectivity index (χ0v) is 11.3. The molecule has 2 rings (SSSR count). The predicted octanol–water partition coefficient (Wildman–Crippen LogP) is 4.03. The van der Waals surface area contributed by atoms with E-state index >= 15 is 0 Å². The number of likely N-dealkylation sites (N-methyl/N-ethyl adjacent to an activating group) is 1. The van der Waals surface area contributed by atoms with Crippen LogP contribution >= 0.6 is 0 Å². The Kier molecular flexibility index (Phi) is 3.90. The Hall–Kier alpha value is -1.03. The monoisotopic (exact) mass is 271 g/mol. The van der Waals surface area contributed by atoms with Gasteiger partial charge in [0.25, 0.3) is 0 Å². The van der Waals surface area contributed by atoms with Crippen LogP contribution in [0.5, 0.6) is 0 Å². The third-order valence-electron chi connectivity index (χ3n) is 4.05. The SMILES string of the molecule is CCNC(Cc1ccc(C(F)(F)F)cc1)C1(C)CC1. The molecule has 0 amide bonds. The lowest BCUT2D eigenvalue weighted by Gasteiger charge is -2.24. The third kappa shape index (κ3) is 3.50. The van der Waals surface area contributed by atoms with Gasteiger partial charge in [-0.3, -0.25) is 0 Å². The van der Waals surface area contributed by atoms with Crippen molar-refractivity contribution < 1.29 is 13.2 Å². The topological polar surface area (TPSA) is 12.0 Å². The molecule has 1 atom stereocenters. The zero-order valence-electron chi connectivity index (χ0n) is 11.3. The lowest BCUT2D eigenvalue weighted by atomic mass is 9.92. The normalized spacial score (nSPS) is 19.2. The van der Waals surface area contributed by atoms with E-state index in [4.69, 9.17) is 0 Å². The van der Waals surface area contributed by atoms with Gasteiger partial charge in [0, 0.05) is 6.04 Å². The van der Waals surface area contributed by atoms with E-state index in [1.807, 2.05) is 0 Å². The van der Waals surface area contributed by atoms with Gasteiger partial charge in [-0.05, 0) is 48.9 Å². The van der Waals surface area contributed by atoms with Crippen LogP contribution in [0.2, 0.25) is 0 Å². The van der Waals surface area contributed by atoms with Crippen molar-refractivity contribution in [2.45, 2.75) is 45.3 Å². The summed E-state index contributed by atoms with van der Waals surface area (Å²) in [6.07, 6.45) is -1.05. The highest BCUT2D eigenvalue weighted by atomic mass is 19.4. The fourth-order valence-electron chi connectivity index (χ4n) is 2.42. The maximum Gasteiger partial charge on any atom is 0.416 e. The van der Waals surface area contributed by atoms with Gasteiger partial charge in [0.1, 0.15) is 0 Å². The first-order valence-electron chi connectivity index (χ1n) is 6.75. The van der Waals surface area contributed by atoms with Gasteiger partial charge in [-0.2, -0.15) is 13.2 Å². The molecule has 19 heavy (non-hydrogen) atoms. The van der Waals surface area contributed by atoms with E-state index < -0.39 is 11.7 Å². The van der Waals surface area contributed by atoms with E-state index in [0.717, 1.165) is 18.5 Å². The second-order valence-electron chi connectivity index (χ2n) is 5.66. The number of alkyl halides is 3. The summed E-state index contributed by atoms with van der Waals surface area (Å²) in [4.78, 5) is 0. The summed E-state index contributed by atoms with van der Waals surface area (Å²) in [5.41, 5.74) is 0.708. The van der Waals surface area contributed by atoms with Crippen molar-refractivity contribution in [3.05, 3.63) is 35.4 Å².